The minimum Gasteiger partial charge on any atom is -0.497 e. The summed E-state index contributed by atoms with van der Waals surface area (Å²) in [5, 5.41) is 15.2. The number of aryl methyl sites for hydroxylation is 1. The lowest BCUT2D eigenvalue weighted by Gasteiger charge is -2.27. The Morgan fingerprint density at radius 2 is 1.64 bits per heavy atom. The highest BCUT2D eigenvalue weighted by Crippen LogP contribution is 2.34. The van der Waals surface area contributed by atoms with Gasteiger partial charge in [0.25, 0.3) is 0 Å². The molecule has 1 unspecified atom stereocenters. The third-order valence-corrected chi connectivity index (χ3v) is 5.24. The number of aliphatic hydroxyl groups excluding tert-OH is 1. The SMILES string of the molecule is COCC(O)CN(Cc1c(-c2ccccc2)nn(C)c1Oc1ccc(OC)cc1)CC(C)C. The second-order valence-electron chi connectivity index (χ2n) is 8.60. The predicted molar refractivity (Wildman–Crippen MR) is 130 cm³/mol. The Bertz CT molecular complexity index is 987. The van der Waals surface area contributed by atoms with Crippen LogP contribution in [0, 0.1) is 5.92 Å². The van der Waals surface area contributed by atoms with Gasteiger partial charge in [-0.25, -0.2) is 4.68 Å². The van der Waals surface area contributed by atoms with Gasteiger partial charge in [0.05, 0.1) is 25.4 Å². The van der Waals surface area contributed by atoms with Gasteiger partial charge in [0.2, 0.25) is 5.88 Å². The van der Waals surface area contributed by atoms with E-state index in [9.17, 15) is 5.11 Å². The van der Waals surface area contributed by atoms with E-state index in [-0.39, 0.29) is 0 Å². The zero-order valence-electron chi connectivity index (χ0n) is 20.2. The molecule has 3 rings (SSSR count). The molecule has 1 N–H and O–H groups in total. The quantitative estimate of drug-likeness (QED) is 0.440. The van der Waals surface area contributed by atoms with Crippen LogP contribution in [-0.2, 0) is 18.3 Å². The fourth-order valence-electron chi connectivity index (χ4n) is 3.89. The molecule has 0 spiro atoms. The van der Waals surface area contributed by atoms with E-state index < -0.39 is 6.10 Å². The number of aliphatic hydroxyl groups is 1. The maximum atomic E-state index is 10.4. The summed E-state index contributed by atoms with van der Waals surface area (Å²) in [5.41, 5.74) is 2.87. The van der Waals surface area contributed by atoms with E-state index >= 15 is 0 Å². The Morgan fingerprint density at radius 3 is 2.24 bits per heavy atom. The first-order valence-electron chi connectivity index (χ1n) is 11.2. The number of benzene rings is 2. The van der Waals surface area contributed by atoms with Crippen LogP contribution < -0.4 is 9.47 Å². The Labute approximate surface area is 196 Å². The molecule has 0 radical (unpaired) electrons. The smallest absolute Gasteiger partial charge is 0.222 e. The van der Waals surface area contributed by atoms with Crippen molar-refractivity contribution in [2.45, 2.75) is 26.5 Å². The first kappa shape index (κ1) is 24.8. The van der Waals surface area contributed by atoms with Crippen LogP contribution in [0.5, 0.6) is 17.4 Å². The monoisotopic (exact) mass is 453 g/mol. The second kappa shape index (κ2) is 11.8. The molecule has 1 aromatic heterocycles. The normalized spacial score (nSPS) is 12.4. The molecule has 0 aliphatic heterocycles. The van der Waals surface area contributed by atoms with Crippen molar-refractivity contribution in [2.24, 2.45) is 13.0 Å². The first-order chi connectivity index (χ1) is 15.9. The van der Waals surface area contributed by atoms with Gasteiger partial charge < -0.3 is 19.3 Å². The molecule has 0 saturated carbocycles. The Kier molecular flexibility index (Phi) is 8.88. The van der Waals surface area contributed by atoms with Crippen molar-refractivity contribution in [1.82, 2.24) is 14.7 Å². The molecular weight excluding hydrogens is 418 g/mol. The molecular formula is C26H35N3O4. The van der Waals surface area contributed by atoms with Gasteiger partial charge in [0.1, 0.15) is 17.2 Å². The van der Waals surface area contributed by atoms with Crippen molar-refractivity contribution in [3.8, 4) is 28.6 Å². The van der Waals surface area contributed by atoms with Gasteiger partial charge in [0, 0.05) is 39.4 Å². The number of ether oxygens (including phenoxy) is 3. The Balaban J connectivity index is 1.99. The molecule has 3 aromatic rings. The minimum absolute atomic E-state index is 0.294. The fraction of sp³-hybridized carbons (Fsp3) is 0.423. The summed E-state index contributed by atoms with van der Waals surface area (Å²) in [6, 6.07) is 17.6. The van der Waals surface area contributed by atoms with E-state index in [1.54, 1.807) is 18.9 Å². The van der Waals surface area contributed by atoms with E-state index in [1.165, 1.54) is 0 Å². The van der Waals surface area contributed by atoms with Crippen LogP contribution >= 0.6 is 0 Å². The van der Waals surface area contributed by atoms with Crippen LogP contribution in [0.3, 0.4) is 0 Å². The topological polar surface area (TPSA) is 69.0 Å². The minimum atomic E-state index is -0.573. The first-order valence-corrected chi connectivity index (χ1v) is 11.2. The van der Waals surface area contributed by atoms with Crippen LogP contribution in [0.1, 0.15) is 19.4 Å². The molecule has 2 aromatic carbocycles. The summed E-state index contributed by atoms with van der Waals surface area (Å²) in [6.07, 6.45) is -0.573. The summed E-state index contributed by atoms with van der Waals surface area (Å²) < 4.78 is 18.5. The van der Waals surface area contributed by atoms with Crippen LogP contribution in [-0.4, -0.2) is 59.8 Å². The molecule has 1 heterocycles. The Morgan fingerprint density at radius 1 is 0.970 bits per heavy atom. The lowest BCUT2D eigenvalue weighted by molar-refractivity contribution is 0.0330. The molecule has 0 fully saturated rings. The largest absolute Gasteiger partial charge is 0.497 e. The van der Waals surface area contributed by atoms with E-state index in [4.69, 9.17) is 19.3 Å². The summed E-state index contributed by atoms with van der Waals surface area (Å²) >= 11 is 0. The number of nitrogens with zero attached hydrogens (tertiary/aromatic N) is 3. The van der Waals surface area contributed by atoms with Gasteiger partial charge >= 0.3 is 0 Å². The molecule has 0 bridgehead atoms. The molecule has 0 saturated heterocycles. The molecule has 7 heteroatoms. The summed E-state index contributed by atoms with van der Waals surface area (Å²) in [4.78, 5) is 2.23. The molecule has 178 valence electrons. The molecule has 0 aliphatic rings. The van der Waals surface area contributed by atoms with Gasteiger partial charge in [0.15, 0.2) is 0 Å². The number of rotatable bonds is 12. The van der Waals surface area contributed by atoms with Crippen molar-refractivity contribution in [2.75, 3.05) is 33.9 Å². The number of methoxy groups -OCH3 is 2. The van der Waals surface area contributed by atoms with Crippen LogP contribution in [0.2, 0.25) is 0 Å². The van der Waals surface area contributed by atoms with Crippen LogP contribution in [0.4, 0.5) is 0 Å². The standard InChI is InChI=1S/C26H35N3O4/c1-19(2)15-29(16-21(30)18-31-4)17-24-25(20-9-7-6-8-10-20)27-28(3)26(24)33-23-13-11-22(32-5)12-14-23/h6-14,19,21,30H,15-18H2,1-5H3. The summed E-state index contributed by atoms with van der Waals surface area (Å²) in [6.45, 7) is 6.55. The average molecular weight is 454 g/mol. The predicted octanol–water partition coefficient (Wildman–Crippen LogP) is 4.35. The van der Waals surface area contributed by atoms with Gasteiger partial charge in [-0.1, -0.05) is 44.2 Å². The number of hydrogen-bond donors (Lipinski definition) is 1. The fourth-order valence-corrected chi connectivity index (χ4v) is 3.89. The maximum Gasteiger partial charge on any atom is 0.222 e. The van der Waals surface area contributed by atoms with Crippen molar-refractivity contribution in [1.29, 1.82) is 0 Å². The highest BCUT2D eigenvalue weighted by molar-refractivity contribution is 5.65. The van der Waals surface area contributed by atoms with Crippen LogP contribution in [0.15, 0.2) is 54.6 Å². The highest BCUT2D eigenvalue weighted by Gasteiger charge is 2.24. The van der Waals surface area contributed by atoms with E-state index in [0.717, 1.165) is 29.1 Å². The van der Waals surface area contributed by atoms with Crippen molar-refractivity contribution in [3.05, 3.63) is 60.2 Å². The van der Waals surface area contributed by atoms with Crippen molar-refractivity contribution in [3.63, 3.8) is 0 Å². The molecule has 0 amide bonds. The van der Waals surface area contributed by atoms with Crippen LogP contribution in [0.25, 0.3) is 11.3 Å². The third kappa shape index (κ3) is 6.81. The average Bonchev–Trinajstić information content (AvgIpc) is 3.09. The molecule has 7 nitrogen and oxygen atoms in total. The van der Waals surface area contributed by atoms with E-state index in [0.29, 0.717) is 37.2 Å². The molecule has 0 aliphatic carbocycles. The molecule has 1 atom stereocenters. The highest BCUT2D eigenvalue weighted by atomic mass is 16.5. The third-order valence-electron chi connectivity index (χ3n) is 5.24. The number of hydrogen-bond acceptors (Lipinski definition) is 6. The van der Waals surface area contributed by atoms with Gasteiger partial charge in [-0.2, -0.15) is 5.10 Å². The summed E-state index contributed by atoms with van der Waals surface area (Å²) in [5.74, 6) is 2.58. The maximum absolute atomic E-state index is 10.4. The lowest BCUT2D eigenvalue weighted by atomic mass is 10.1. The second-order valence-corrected chi connectivity index (χ2v) is 8.60. The van der Waals surface area contributed by atoms with Gasteiger partial charge in [-0.3, -0.25) is 4.90 Å². The Hall–Kier alpha value is -2.87. The molecule has 33 heavy (non-hydrogen) atoms. The van der Waals surface area contributed by atoms with E-state index in [2.05, 4.69) is 30.9 Å². The number of aromatic nitrogens is 2. The van der Waals surface area contributed by atoms with E-state index in [1.807, 2.05) is 49.5 Å². The van der Waals surface area contributed by atoms with Gasteiger partial charge in [-0.15, -0.1) is 0 Å². The zero-order valence-corrected chi connectivity index (χ0v) is 20.2. The van der Waals surface area contributed by atoms with Gasteiger partial charge in [-0.05, 0) is 30.2 Å². The van der Waals surface area contributed by atoms with Crippen molar-refractivity contribution >= 4 is 0 Å². The lowest BCUT2D eigenvalue weighted by Crippen LogP contribution is -2.36. The zero-order chi connectivity index (χ0) is 23.8. The van der Waals surface area contributed by atoms with Crippen molar-refractivity contribution < 1.29 is 19.3 Å². The summed E-state index contributed by atoms with van der Waals surface area (Å²) in [7, 11) is 5.13.